The summed E-state index contributed by atoms with van der Waals surface area (Å²) in [6.45, 7) is 5.34. The van der Waals surface area contributed by atoms with Crippen molar-refractivity contribution in [2.24, 2.45) is 0 Å². The lowest BCUT2D eigenvalue weighted by Gasteiger charge is -2.17. The molecule has 1 rings (SSSR count). The standard InChI is InChI=1S/C13H15BrN2O3/c1-13(2,3)19-12(18)16-10-5-4-8(7-17)6-9(10)11(14)15/h4-7,15H,1-3H3,(H,16,18)/p+1. The predicted molar refractivity (Wildman–Crippen MR) is 75.4 cm³/mol. The highest BCUT2D eigenvalue weighted by Gasteiger charge is 2.22. The van der Waals surface area contributed by atoms with Crippen molar-refractivity contribution in [3.63, 3.8) is 0 Å². The first-order valence-electron chi connectivity index (χ1n) is 5.64. The fraction of sp³-hybridized carbons (Fsp3) is 0.308. The highest BCUT2D eigenvalue weighted by atomic mass is 79.9. The SMILES string of the molecule is CC(C)(C)OC(=O)[NH2+]c1ccc(C=O)cc1C(=N)Br. The van der Waals surface area contributed by atoms with Gasteiger partial charge >= 0.3 is 6.09 Å². The summed E-state index contributed by atoms with van der Waals surface area (Å²) in [5.74, 6) is 0. The molecule has 0 saturated heterocycles. The van der Waals surface area contributed by atoms with Crippen LogP contribution in [0, 0.1) is 5.41 Å². The van der Waals surface area contributed by atoms with Gasteiger partial charge in [-0.25, -0.2) is 5.32 Å². The molecule has 3 N–H and O–H groups in total. The van der Waals surface area contributed by atoms with Gasteiger partial charge in [-0.1, -0.05) is 0 Å². The summed E-state index contributed by atoms with van der Waals surface area (Å²) in [7, 11) is 0. The Morgan fingerprint density at radius 1 is 1.42 bits per heavy atom. The van der Waals surface area contributed by atoms with E-state index >= 15 is 0 Å². The quantitative estimate of drug-likeness (QED) is 0.507. The number of quaternary nitrogens is 1. The molecule has 1 aromatic carbocycles. The normalized spacial score (nSPS) is 10.9. The second-order valence-electron chi connectivity index (χ2n) is 4.96. The van der Waals surface area contributed by atoms with Crippen LogP contribution in [-0.2, 0) is 4.74 Å². The Morgan fingerprint density at radius 2 is 2.05 bits per heavy atom. The molecule has 0 aliphatic heterocycles. The Morgan fingerprint density at radius 3 is 2.53 bits per heavy atom. The molecule has 0 bridgehead atoms. The maximum atomic E-state index is 11.7. The Kier molecular flexibility index (Phi) is 4.97. The lowest BCUT2D eigenvalue weighted by atomic mass is 10.1. The summed E-state index contributed by atoms with van der Waals surface area (Å²) in [6.07, 6.45) is 0.206. The van der Waals surface area contributed by atoms with Gasteiger partial charge in [-0.05, 0) is 48.8 Å². The molecule has 0 spiro atoms. The summed E-state index contributed by atoms with van der Waals surface area (Å²) in [6, 6.07) is 4.74. The van der Waals surface area contributed by atoms with Crippen molar-refractivity contribution in [1.82, 2.24) is 0 Å². The molecule has 0 aromatic heterocycles. The summed E-state index contributed by atoms with van der Waals surface area (Å²) in [4.78, 5) is 22.4. The van der Waals surface area contributed by atoms with Crippen LogP contribution >= 0.6 is 15.9 Å². The topological polar surface area (TPSA) is 83.8 Å². The molecule has 102 valence electrons. The summed E-state index contributed by atoms with van der Waals surface area (Å²) < 4.78 is 5.29. The maximum absolute atomic E-state index is 11.7. The van der Waals surface area contributed by atoms with Gasteiger partial charge in [0, 0.05) is 11.6 Å². The molecule has 0 aliphatic carbocycles. The molecule has 1 amide bonds. The highest BCUT2D eigenvalue weighted by Crippen LogP contribution is 2.16. The second kappa shape index (κ2) is 6.08. The Balaban J connectivity index is 2.98. The van der Waals surface area contributed by atoms with Gasteiger partial charge in [0.05, 0.1) is 5.56 Å². The third-order valence-corrected chi connectivity index (χ3v) is 2.56. The van der Waals surface area contributed by atoms with E-state index in [1.807, 2.05) is 0 Å². The number of carbonyl (C=O) groups is 2. The van der Waals surface area contributed by atoms with Crippen LogP contribution < -0.4 is 5.32 Å². The largest absolute Gasteiger partial charge is 0.518 e. The minimum absolute atomic E-state index is 0.103. The minimum atomic E-state index is -0.571. The van der Waals surface area contributed by atoms with Crippen LogP contribution in [0.25, 0.3) is 0 Å². The van der Waals surface area contributed by atoms with E-state index < -0.39 is 11.7 Å². The first-order chi connectivity index (χ1) is 8.73. The summed E-state index contributed by atoms with van der Waals surface area (Å²) >= 11 is 3.04. The number of amides is 1. The molecule has 0 atom stereocenters. The van der Waals surface area contributed by atoms with E-state index in [2.05, 4.69) is 15.9 Å². The van der Waals surface area contributed by atoms with Crippen molar-refractivity contribution in [3.05, 3.63) is 29.3 Å². The molecule has 6 heteroatoms. The highest BCUT2D eigenvalue weighted by molar-refractivity contribution is 9.18. The molecule has 0 aliphatic rings. The lowest BCUT2D eigenvalue weighted by molar-refractivity contribution is -0.486. The number of carbonyl (C=O) groups excluding carboxylic acids is 2. The van der Waals surface area contributed by atoms with Crippen molar-refractivity contribution in [1.29, 1.82) is 5.41 Å². The number of nitrogens with one attached hydrogen (secondary N) is 1. The van der Waals surface area contributed by atoms with E-state index in [4.69, 9.17) is 10.1 Å². The fourth-order valence-electron chi connectivity index (χ4n) is 1.42. The van der Waals surface area contributed by atoms with E-state index in [0.29, 0.717) is 23.1 Å². The van der Waals surface area contributed by atoms with Crippen LogP contribution in [0.3, 0.4) is 0 Å². The molecule has 0 fully saturated rings. The zero-order chi connectivity index (χ0) is 14.6. The van der Waals surface area contributed by atoms with Crippen molar-refractivity contribution in [2.45, 2.75) is 26.4 Å². The van der Waals surface area contributed by atoms with Gasteiger partial charge in [0.15, 0.2) is 0 Å². The van der Waals surface area contributed by atoms with Crippen molar-refractivity contribution in [3.8, 4) is 0 Å². The third kappa shape index (κ3) is 4.92. The monoisotopic (exact) mass is 327 g/mol. The number of ether oxygens (including phenoxy) is 1. The Labute approximate surface area is 120 Å². The number of rotatable bonds is 3. The Bertz CT molecular complexity index is 521. The van der Waals surface area contributed by atoms with Gasteiger partial charge in [-0.2, -0.15) is 4.79 Å². The predicted octanol–water partition coefficient (Wildman–Crippen LogP) is 2.35. The van der Waals surface area contributed by atoms with Crippen LogP contribution in [-0.4, -0.2) is 22.6 Å². The average molecular weight is 328 g/mol. The van der Waals surface area contributed by atoms with Crippen LogP contribution in [0.2, 0.25) is 0 Å². The number of primary amides is 1. The molecule has 19 heavy (non-hydrogen) atoms. The first kappa shape index (κ1) is 15.5. The molecule has 0 saturated carbocycles. The van der Waals surface area contributed by atoms with Crippen LogP contribution in [0.5, 0.6) is 0 Å². The van der Waals surface area contributed by atoms with Gasteiger partial charge in [-0.15, -0.1) is 0 Å². The number of hydrogen-bond donors (Lipinski definition) is 2. The third-order valence-electron chi connectivity index (χ3n) is 2.13. The van der Waals surface area contributed by atoms with Crippen LogP contribution in [0.1, 0.15) is 36.7 Å². The molecule has 0 unspecified atom stereocenters. The van der Waals surface area contributed by atoms with Crippen molar-refractivity contribution in [2.75, 3.05) is 0 Å². The molecule has 1 aromatic rings. The van der Waals surface area contributed by atoms with Gasteiger partial charge in [0.1, 0.15) is 22.2 Å². The summed E-state index contributed by atoms with van der Waals surface area (Å²) in [5.41, 5.74) is 0.871. The number of nitrogens with two attached hydrogens (primary N) is 1. The molecular formula is C13H16BrN2O3+. The number of aldehydes is 1. The van der Waals surface area contributed by atoms with Crippen LogP contribution in [0.4, 0.5) is 10.5 Å². The van der Waals surface area contributed by atoms with E-state index in [0.717, 1.165) is 0 Å². The second-order valence-corrected chi connectivity index (χ2v) is 5.75. The van der Waals surface area contributed by atoms with Gasteiger partial charge in [0.2, 0.25) is 0 Å². The van der Waals surface area contributed by atoms with E-state index in [-0.39, 0.29) is 4.62 Å². The zero-order valence-electron chi connectivity index (χ0n) is 11.0. The first-order valence-corrected chi connectivity index (χ1v) is 6.43. The molecular weight excluding hydrogens is 312 g/mol. The smallest absolute Gasteiger partial charge is 0.414 e. The maximum Gasteiger partial charge on any atom is 0.518 e. The van der Waals surface area contributed by atoms with Gasteiger partial charge in [0.25, 0.3) is 0 Å². The fourth-order valence-corrected chi connectivity index (χ4v) is 1.76. The van der Waals surface area contributed by atoms with Crippen molar-refractivity contribution >= 4 is 38.6 Å². The van der Waals surface area contributed by atoms with Gasteiger partial charge < -0.3 is 4.74 Å². The number of benzene rings is 1. The zero-order valence-corrected chi connectivity index (χ0v) is 12.6. The molecule has 0 radical (unpaired) electrons. The number of halogens is 1. The van der Waals surface area contributed by atoms with Crippen molar-refractivity contribution < 1.29 is 19.6 Å². The Hall–Kier alpha value is -1.53. The van der Waals surface area contributed by atoms with E-state index in [9.17, 15) is 9.59 Å². The molecule has 5 nitrogen and oxygen atoms in total. The lowest BCUT2D eigenvalue weighted by Crippen LogP contribution is -2.83. The van der Waals surface area contributed by atoms with Crippen LogP contribution in [0.15, 0.2) is 18.2 Å². The van der Waals surface area contributed by atoms with E-state index in [1.165, 1.54) is 5.32 Å². The summed E-state index contributed by atoms with van der Waals surface area (Å²) in [5, 5.41) is 8.91. The molecule has 0 heterocycles. The number of hydrogen-bond acceptors (Lipinski definition) is 4. The van der Waals surface area contributed by atoms with E-state index in [1.54, 1.807) is 39.0 Å². The minimum Gasteiger partial charge on any atom is -0.414 e. The van der Waals surface area contributed by atoms with Gasteiger partial charge in [-0.3, -0.25) is 10.2 Å². The average Bonchev–Trinajstić information content (AvgIpc) is 2.26.